The number of carbonyl (C=O) groups is 3. The third-order valence-electron chi connectivity index (χ3n) is 11.3. The van der Waals surface area contributed by atoms with Crippen LogP contribution in [0.15, 0.2) is 11.8 Å². The normalized spacial score (nSPS) is 37.8. The quantitative estimate of drug-likeness (QED) is 0.0873. The molecule has 0 bridgehead atoms. The predicted molar refractivity (Wildman–Crippen MR) is 280 cm³/mol. The fraction of sp³-hybridized carbons (Fsp3) is 0.902. The highest BCUT2D eigenvalue weighted by Crippen LogP contribution is 2.34. The molecule has 0 aromatic carbocycles. The molecule has 5 aliphatic rings. The van der Waals surface area contributed by atoms with Crippen LogP contribution in [0, 0.1) is 0 Å². The van der Waals surface area contributed by atoms with E-state index >= 15 is 0 Å². The first kappa shape index (κ1) is 80.0. The lowest BCUT2D eigenvalue weighted by Crippen LogP contribution is -2.66. The summed E-state index contributed by atoms with van der Waals surface area (Å²) in [7, 11) is 0. The molecule has 0 aromatic rings. The average molecular weight is 1220 g/mol. The van der Waals surface area contributed by atoms with Crippen molar-refractivity contribution in [2.45, 2.75) is 281 Å². The van der Waals surface area contributed by atoms with E-state index in [0.29, 0.717) is 0 Å². The van der Waals surface area contributed by atoms with Gasteiger partial charge >= 0.3 is 17.9 Å². The summed E-state index contributed by atoms with van der Waals surface area (Å²) in [4.78, 5) is 33.2. The molecule has 5 aliphatic heterocycles. The Balaban J connectivity index is 0.00000113. The first-order valence-corrected chi connectivity index (χ1v) is 25.8. The lowest BCUT2D eigenvalue weighted by Gasteiger charge is -2.47. The number of aliphatic hydroxyl groups excluding tert-OH is 14. The number of hydrogen-bond donors (Lipinski definition) is 17. The van der Waals surface area contributed by atoms with Crippen LogP contribution in [0.3, 0.4) is 0 Å². The largest absolute Gasteiger partial charge is 0.479 e. The number of rotatable bonds is 12. The second kappa shape index (κ2) is 32.3. The van der Waals surface area contributed by atoms with Crippen LogP contribution in [-0.4, -0.2) is 293 Å². The summed E-state index contributed by atoms with van der Waals surface area (Å²) in [5, 5.41) is 164. The van der Waals surface area contributed by atoms with Crippen molar-refractivity contribution >= 4 is 17.9 Å². The van der Waals surface area contributed by atoms with Crippen LogP contribution in [0.2, 0.25) is 0 Å². The number of carboxylic acid groups (broad SMARTS) is 3. The maximum atomic E-state index is 11.8. The molecule has 5 heterocycles. The summed E-state index contributed by atoms with van der Waals surface area (Å²) in [5.74, 6) is -4.67. The van der Waals surface area contributed by atoms with E-state index in [-0.39, 0.29) is 12.9 Å². The Morgan fingerprint density at radius 2 is 0.771 bits per heavy atom. The second-order valence-corrected chi connectivity index (χ2v) is 24.4. The zero-order valence-corrected chi connectivity index (χ0v) is 48.6. The molecule has 19 N–H and O–H groups in total. The zero-order chi connectivity index (χ0) is 63.0. The molecule has 4 saturated heterocycles. The Labute approximate surface area is 481 Å². The fourth-order valence-corrected chi connectivity index (χ4v) is 7.84. The molecule has 5 rings (SSSR count). The average Bonchev–Trinajstić information content (AvgIpc) is 3.31. The summed E-state index contributed by atoms with van der Waals surface area (Å²) in [6, 6.07) is 0. The highest BCUT2D eigenvalue weighted by Gasteiger charge is 2.55. The molecule has 32 nitrogen and oxygen atoms in total. The highest BCUT2D eigenvalue weighted by molar-refractivity contribution is 5.84. The Morgan fingerprint density at radius 1 is 0.422 bits per heavy atom. The molecule has 83 heavy (non-hydrogen) atoms. The highest BCUT2D eigenvalue weighted by atomic mass is 16.8. The summed E-state index contributed by atoms with van der Waals surface area (Å²) in [6.45, 7) is 24.7. The molecule has 0 aliphatic carbocycles. The van der Waals surface area contributed by atoms with Gasteiger partial charge in [-0.3, -0.25) is 0 Å². The fourth-order valence-electron chi connectivity index (χ4n) is 7.84. The number of aliphatic hydroxyl groups is 14. The van der Waals surface area contributed by atoms with Gasteiger partial charge in [0, 0.05) is 0 Å². The van der Waals surface area contributed by atoms with Crippen LogP contribution in [0.5, 0.6) is 0 Å². The van der Waals surface area contributed by atoms with Crippen molar-refractivity contribution in [2.24, 2.45) is 0 Å². The SMILES string of the molecule is C.CC(C)(C)OC1C(CO)OC(O)C(O)C1O.CC(C)(C)OC1OC(C(=O)O)=CC(O)C1O.CC(C)(C)OC1OC(C(=O)O)C(O)C(O)C1O.CC(C)(C)OC1OC(C(=O)O)C(OC2OC(CO)C(OC(C)(C)C)C(O)C2O)C(O)C1O.O. The van der Waals surface area contributed by atoms with Crippen molar-refractivity contribution in [1.82, 2.24) is 0 Å². The van der Waals surface area contributed by atoms with E-state index < -0.39 is 206 Å². The Hall–Kier alpha value is -3.05. The van der Waals surface area contributed by atoms with Gasteiger partial charge in [-0.2, -0.15) is 0 Å². The van der Waals surface area contributed by atoms with E-state index in [9.17, 15) is 85.9 Å². The number of ether oxygens (including phenoxy) is 11. The predicted octanol–water partition coefficient (Wildman–Crippen LogP) is -4.70. The minimum Gasteiger partial charge on any atom is -0.479 e. The van der Waals surface area contributed by atoms with Gasteiger partial charge in [0.15, 0.2) is 37.4 Å². The maximum Gasteiger partial charge on any atom is 0.371 e. The smallest absolute Gasteiger partial charge is 0.371 e. The third kappa shape index (κ3) is 24.6. The van der Waals surface area contributed by atoms with Gasteiger partial charge in [-0.1, -0.05) is 7.43 Å². The minimum absolute atomic E-state index is 0. The number of aliphatic carboxylic acids is 3. The summed E-state index contributed by atoms with van der Waals surface area (Å²) < 4.78 is 58.4. The van der Waals surface area contributed by atoms with Crippen LogP contribution in [-0.2, 0) is 66.5 Å². The molecule has 23 atom stereocenters. The molecule has 32 heteroatoms. The molecule has 0 spiro atoms. The van der Waals surface area contributed by atoms with Crippen LogP contribution >= 0.6 is 0 Å². The van der Waals surface area contributed by atoms with Crippen molar-refractivity contribution in [2.75, 3.05) is 13.2 Å². The number of carboxylic acids is 3. The maximum absolute atomic E-state index is 11.8. The minimum atomic E-state index is -1.79. The number of hydrogen-bond acceptors (Lipinski definition) is 28. The van der Waals surface area contributed by atoms with Crippen molar-refractivity contribution in [3.8, 4) is 0 Å². The van der Waals surface area contributed by atoms with E-state index in [0.717, 1.165) is 6.08 Å². The van der Waals surface area contributed by atoms with E-state index in [2.05, 4.69) is 0 Å². The summed E-state index contributed by atoms with van der Waals surface area (Å²) in [6.07, 6.45) is -32.1. The molecule has 23 unspecified atom stereocenters. The first-order chi connectivity index (χ1) is 36.6. The van der Waals surface area contributed by atoms with Gasteiger partial charge in [0.05, 0.1) is 41.2 Å². The molecular weight excluding hydrogens is 1120 g/mol. The van der Waals surface area contributed by atoms with Crippen molar-refractivity contribution in [1.29, 1.82) is 0 Å². The zero-order valence-electron chi connectivity index (χ0n) is 48.6. The standard InChI is InChI=1S/C20H36O12.C10H18O7.C10H20O6.C10H16O6.CH4.H2O/c1-19(2,3)31-13-8(7-21)28-17(11(24)9(13)22)29-14-10(23)12(25)18(32-20(4,5)6)30-15(14)16(26)27;1-10(2,3)17-9-6(13)4(11)5(12)7(16-9)8(14)15;1-10(2,3)16-8-5(4-11)15-9(14)7(13)6(8)12;1-10(2,3)16-9-7(12)5(11)4-6(15-9)8(13)14;;/h8-15,17-18,21-25H,7H2,1-6H3,(H,26,27);4-7,9,11-13H,1-3H3,(H,14,15);5-9,11-14H,4H2,1-3H3;4-5,7,9,11-12H,1-3H3,(H,13,14);1H4;1H2. The third-order valence-corrected chi connectivity index (χ3v) is 11.3. The monoisotopic (exact) mass is 1220 g/mol. The van der Waals surface area contributed by atoms with Gasteiger partial charge in [0.1, 0.15) is 97.7 Å². The summed E-state index contributed by atoms with van der Waals surface area (Å²) in [5.41, 5.74) is -3.40. The molecule has 0 saturated carbocycles. The van der Waals surface area contributed by atoms with Crippen molar-refractivity contribution < 1.29 is 159 Å². The molecule has 0 amide bonds. The molecule has 4 fully saturated rings. The van der Waals surface area contributed by atoms with Gasteiger partial charge < -0.3 is 144 Å². The van der Waals surface area contributed by atoms with Crippen LogP contribution < -0.4 is 0 Å². The molecular formula is C51H96O32. The van der Waals surface area contributed by atoms with Crippen LogP contribution in [0.25, 0.3) is 0 Å². The lowest BCUT2D eigenvalue weighted by atomic mass is 9.96. The summed E-state index contributed by atoms with van der Waals surface area (Å²) >= 11 is 0. The van der Waals surface area contributed by atoms with Crippen LogP contribution in [0.1, 0.15) is 111 Å². The van der Waals surface area contributed by atoms with Gasteiger partial charge in [0.25, 0.3) is 0 Å². The molecule has 0 aromatic heterocycles. The topological polar surface area (TPSA) is 528 Å². The van der Waals surface area contributed by atoms with E-state index in [1.54, 1.807) is 104 Å². The Kier molecular flexibility index (Phi) is 31.1. The van der Waals surface area contributed by atoms with E-state index in [1.165, 1.54) is 0 Å². The van der Waals surface area contributed by atoms with Gasteiger partial charge in [0.2, 0.25) is 12.0 Å². The van der Waals surface area contributed by atoms with Gasteiger partial charge in [-0.05, 0) is 110 Å². The molecule has 492 valence electrons. The first-order valence-electron chi connectivity index (χ1n) is 25.8. The van der Waals surface area contributed by atoms with Crippen LogP contribution in [0.4, 0.5) is 0 Å². The Bertz CT molecular complexity index is 1970. The van der Waals surface area contributed by atoms with E-state index in [1.807, 2.05) is 0 Å². The lowest BCUT2D eigenvalue weighted by molar-refractivity contribution is -0.365. The van der Waals surface area contributed by atoms with E-state index in [4.69, 9.17) is 67.4 Å². The second-order valence-electron chi connectivity index (χ2n) is 24.4. The van der Waals surface area contributed by atoms with Gasteiger partial charge in [-0.25, -0.2) is 14.4 Å². The van der Waals surface area contributed by atoms with Crippen molar-refractivity contribution in [3.05, 3.63) is 11.8 Å². The molecule has 0 radical (unpaired) electrons. The van der Waals surface area contributed by atoms with Gasteiger partial charge in [-0.15, -0.1) is 0 Å². The Morgan fingerprint density at radius 3 is 1.16 bits per heavy atom. The van der Waals surface area contributed by atoms with Crippen molar-refractivity contribution in [3.63, 3.8) is 0 Å².